The van der Waals surface area contributed by atoms with E-state index in [1.165, 1.54) is 0 Å². The molecule has 1 aliphatic heterocycles. The van der Waals surface area contributed by atoms with Crippen molar-refractivity contribution in [2.24, 2.45) is 0 Å². The van der Waals surface area contributed by atoms with E-state index in [4.69, 9.17) is 9.31 Å². The van der Waals surface area contributed by atoms with Gasteiger partial charge in [-0.05, 0) is 13.8 Å². The van der Waals surface area contributed by atoms with Gasteiger partial charge >= 0.3 is 58.7 Å². The van der Waals surface area contributed by atoms with Gasteiger partial charge in [-0.25, -0.2) is 0 Å². The summed E-state index contributed by atoms with van der Waals surface area (Å²) in [5, 5.41) is 10.3. The number of hydrogen-bond donors (Lipinski definition) is 0. The minimum absolute atomic E-state index is 0. The zero-order valence-corrected chi connectivity index (χ0v) is 9.08. The van der Waals surface area contributed by atoms with E-state index in [1.807, 2.05) is 13.8 Å². The van der Waals surface area contributed by atoms with E-state index in [1.54, 1.807) is 0 Å². The average molecular weight is 154 g/mol. The molecule has 0 aromatic rings. The van der Waals surface area contributed by atoms with Crippen molar-refractivity contribution in [1.82, 2.24) is 0 Å². The number of hydrogen-bond acceptors (Lipinski definition) is 3. The summed E-state index contributed by atoms with van der Waals surface area (Å²) in [7, 11) is -1.25. The Labute approximate surface area is 97.7 Å². The van der Waals surface area contributed by atoms with Crippen LogP contribution in [0.15, 0.2) is 0 Å². The van der Waals surface area contributed by atoms with Gasteiger partial charge in [0.05, 0.1) is 12.2 Å². The molecule has 1 saturated heterocycles. The topological polar surface area (TPSA) is 41.5 Å². The molecule has 2 unspecified atom stereocenters. The Morgan fingerprint density at radius 2 is 1.56 bits per heavy atom. The van der Waals surface area contributed by atoms with Crippen LogP contribution in [0.25, 0.3) is 0 Å². The van der Waals surface area contributed by atoms with E-state index >= 15 is 0 Å². The van der Waals surface area contributed by atoms with Crippen molar-refractivity contribution in [2.75, 3.05) is 0 Å². The minimum Gasteiger partial charge on any atom is -0.832 e. The first-order chi connectivity index (χ1) is 3.70. The van der Waals surface area contributed by atoms with E-state index in [9.17, 15) is 5.02 Å². The van der Waals surface area contributed by atoms with E-state index in [0.717, 1.165) is 0 Å². The van der Waals surface area contributed by atoms with Gasteiger partial charge in [-0.2, -0.15) is 0 Å². The molecule has 0 aromatic heterocycles. The average Bonchev–Trinajstić information content (AvgIpc) is 1.85. The van der Waals surface area contributed by atoms with Crippen LogP contribution >= 0.6 is 0 Å². The maximum atomic E-state index is 10.3. The van der Waals surface area contributed by atoms with Crippen LogP contribution in [-0.2, 0) is 9.31 Å². The van der Waals surface area contributed by atoms with E-state index < -0.39 is 7.32 Å². The second kappa shape index (κ2) is 4.46. The first-order valence-electron chi connectivity index (χ1n) is 2.67. The fraction of sp³-hybridized carbons (Fsp3) is 1.00. The van der Waals surface area contributed by atoms with E-state index in [2.05, 4.69) is 0 Å². The maximum Gasteiger partial charge on any atom is 1.00 e. The van der Waals surface area contributed by atoms with Gasteiger partial charge in [0.2, 0.25) is 0 Å². The second-order valence-electron chi connectivity index (χ2n) is 1.97. The van der Waals surface area contributed by atoms with Crippen LogP contribution in [0.4, 0.5) is 0 Å². The van der Waals surface area contributed by atoms with Gasteiger partial charge in [0.25, 0.3) is 0 Å². The smallest absolute Gasteiger partial charge is 0.832 e. The molecule has 0 saturated carbocycles. The van der Waals surface area contributed by atoms with Crippen LogP contribution in [0.1, 0.15) is 13.8 Å². The fourth-order valence-corrected chi connectivity index (χ4v) is 0.604. The molecule has 0 aromatic carbocycles. The van der Waals surface area contributed by atoms with Crippen molar-refractivity contribution in [1.29, 1.82) is 0 Å². The number of rotatable bonds is 0. The molecule has 0 N–H and O–H groups in total. The summed E-state index contributed by atoms with van der Waals surface area (Å²) in [5.41, 5.74) is 0. The molecule has 46 valence electrons. The predicted octanol–water partition coefficient (Wildman–Crippen LogP) is -3.84. The Bertz CT molecular complexity index is 81.9. The monoisotopic (exact) mass is 154 g/mol. The van der Waals surface area contributed by atoms with Gasteiger partial charge in [-0.3, -0.25) is 0 Å². The molecule has 1 fully saturated rings. The van der Waals surface area contributed by atoms with Crippen LogP contribution in [0.2, 0.25) is 0 Å². The normalized spacial score (nSPS) is 34.3. The minimum atomic E-state index is -1.25. The molecular weight excluding hydrogens is 146 g/mol. The zero-order valence-electron chi connectivity index (χ0n) is 5.96. The summed E-state index contributed by atoms with van der Waals surface area (Å²) in [6.45, 7) is 3.64. The first-order valence-corrected chi connectivity index (χ1v) is 2.67. The summed E-state index contributed by atoms with van der Waals surface area (Å²) in [4.78, 5) is 0. The SMILES string of the molecule is CC1OB([O-])OC1C.[K+]. The van der Waals surface area contributed by atoms with Gasteiger partial charge in [0.1, 0.15) is 0 Å². The van der Waals surface area contributed by atoms with Crippen LogP contribution in [0.3, 0.4) is 0 Å². The Morgan fingerprint density at radius 3 is 1.67 bits per heavy atom. The van der Waals surface area contributed by atoms with Crippen molar-refractivity contribution < 1.29 is 65.7 Å². The Kier molecular flexibility index (Phi) is 5.24. The summed E-state index contributed by atoms with van der Waals surface area (Å²) >= 11 is 0. The third-order valence-electron chi connectivity index (χ3n) is 1.31. The summed E-state index contributed by atoms with van der Waals surface area (Å²) in [5.74, 6) is 0. The van der Waals surface area contributed by atoms with Crippen LogP contribution < -0.4 is 56.4 Å². The molecule has 0 amide bonds. The molecule has 0 aliphatic carbocycles. The quantitative estimate of drug-likeness (QED) is 0.335. The van der Waals surface area contributed by atoms with Gasteiger partial charge in [-0.1, -0.05) is 0 Å². The Morgan fingerprint density at radius 1 is 1.22 bits per heavy atom. The molecule has 3 nitrogen and oxygen atoms in total. The van der Waals surface area contributed by atoms with Gasteiger partial charge in [0, 0.05) is 0 Å². The largest absolute Gasteiger partial charge is 1.00 e. The van der Waals surface area contributed by atoms with Gasteiger partial charge in [-0.15, -0.1) is 0 Å². The third kappa shape index (κ3) is 2.99. The van der Waals surface area contributed by atoms with Crippen LogP contribution in [0.5, 0.6) is 0 Å². The predicted molar refractivity (Wildman–Crippen MR) is 26.8 cm³/mol. The van der Waals surface area contributed by atoms with Crippen molar-refractivity contribution in [3.63, 3.8) is 0 Å². The second-order valence-corrected chi connectivity index (χ2v) is 1.97. The fourth-order valence-electron chi connectivity index (χ4n) is 0.604. The molecule has 2 atom stereocenters. The molecule has 1 aliphatic rings. The van der Waals surface area contributed by atoms with E-state index in [0.29, 0.717) is 0 Å². The summed E-state index contributed by atoms with van der Waals surface area (Å²) < 4.78 is 9.39. The van der Waals surface area contributed by atoms with E-state index in [-0.39, 0.29) is 63.6 Å². The van der Waals surface area contributed by atoms with Gasteiger partial charge in [0.15, 0.2) is 0 Å². The van der Waals surface area contributed by atoms with Crippen molar-refractivity contribution in [3.05, 3.63) is 0 Å². The van der Waals surface area contributed by atoms with Crippen LogP contribution in [0, 0.1) is 0 Å². The van der Waals surface area contributed by atoms with Crippen molar-refractivity contribution >= 4 is 7.32 Å². The van der Waals surface area contributed by atoms with Crippen molar-refractivity contribution in [2.45, 2.75) is 26.1 Å². The van der Waals surface area contributed by atoms with Crippen molar-refractivity contribution in [3.8, 4) is 0 Å². The molecular formula is C4H8BKO3. The summed E-state index contributed by atoms with van der Waals surface area (Å²) in [6, 6.07) is 0. The first kappa shape index (κ1) is 10.6. The van der Waals surface area contributed by atoms with Crippen LogP contribution in [-0.4, -0.2) is 19.5 Å². The standard InChI is InChI=1S/C4H8BO3.K/c1-3-4(2)8-5(6)7-3;/h3-4H,1-2H3;/q-1;+1. The third-order valence-corrected chi connectivity index (χ3v) is 1.31. The Hall–Kier alpha value is 1.58. The van der Waals surface area contributed by atoms with Gasteiger partial charge < -0.3 is 14.3 Å². The molecule has 1 rings (SSSR count). The molecule has 0 bridgehead atoms. The molecule has 0 spiro atoms. The molecule has 0 radical (unpaired) electrons. The summed E-state index contributed by atoms with van der Waals surface area (Å²) in [6.07, 6.45) is -0.0880. The molecule has 1 heterocycles. The zero-order chi connectivity index (χ0) is 6.15. The molecule has 5 heteroatoms. The maximum absolute atomic E-state index is 10.3. The molecule has 9 heavy (non-hydrogen) atoms. The Balaban J connectivity index is 0.000000640.